The molecule has 0 unspecified atom stereocenters. The van der Waals surface area contributed by atoms with E-state index < -0.39 is 20.3 Å². The molecule has 0 aliphatic rings. The quantitative estimate of drug-likeness (QED) is 0.412. The molecule has 0 saturated carbocycles. The van der Waals surface area contributed by atoms with E-state index in [1.807, 2.05) is 43.5 Å². The number of nitrogens with zero attached hydrogens (tertiary/aromatic N) is 2. The summed E-state index contributed by atoms with van der Waals surface area (Å²) in [6, 6.07) is 14.0. The number of rotatable bonds is 5. The molecule has 33 heavy (non-hydrogen) atoms. The molecule has 7 nitrogen and oxygen atoms in total. The Hall–Kier alpha value is -3.39. The lowest BCUT2D eigenvalue weighted by Gasteiger charge is -2.22. The molecule has 0 bridgehead atoms. The Morgan fingerprint density at radius 2 is 1.82 bits per heavy atom. The maximum absolute atomic E-state index is 13.0. The summed E-state index contributed by atoms with van der Waals surface area (Å²) in [6.45, 7) is 12.7. The summed E-state index contributed by atoms with van der Waals surface area (Å²) >= 11 is 0. The largest absolute Gasteiger partial charge is 0.449 e. The van der Waals surface area contributed by atoms with Gasteiger partial charge >= 0.3 is 12.2 Å². The Labute approximate surface area is 195 Å². The summed E-state index contributed by atoms with van der Waals surface area (Å²) in [4.78, 5) is 29.6. The first-order valence-electron chi connectivity index (χ1n) is 11.1. The molecule has 0 radical (unpaired) electrons. The van der Waals surface area contributed by atoms with Crippen LogP contribution in [0.15, 0.2) is 48.7 Å². The summed E-state index contributed by atoms with van der Waals surface area (Å²) < 4.78 is 10.8. The van der Waals surface area contributed by atoms with Gasteiger partial charge in [-0.1, -0.05) is 67.3 Å². The zero-order chi connectivity index (χ0) is 24.2. The van der Waals surface area contributed by atoms with E-state index in [4.69, 9.17) is 14.5 Å². The van der Waals surface area contributed by atoms with E-state index in [0.717, 1.165) is 26.9 Å². The molecule has 0 spiro atoms. The fourth-order valence-electron chi connectivity index (χ4n) is 3.47. The maximum Gasteiger partial charge on any atom is 0.434 e. The van der Waals surface area contributed by atoms with Gasteiger partial charge in [0, 0.05) is 29.1 Å². The molecule has 0 atom stereocenters. The lowest BCUT2D eigenvalue weighted by atomic mass is 10.0. The van der Waals surface area contributed by atoms with Crippen molar-refractivity contribution in [3.8, 4) is 17.0 Å². The Kier molecular flexibility index (Phi) is 7.38. The van der Waals surface area contributed by atoms with Crippen LogP contribution in [0.1, 0.15) is 19.4 Å². The molecule has 3 rings (SSSR count). The zero-order valence-corrected chi connectivity index (χ0v) is 21.1. The van der Waals surface area contributed by atoms with Gasteiger partial charge in [0.1, 0.15) is 5.69 Å². The summed E-state index contributed by atoms with van der Waals surface area (Å²) in [5.74, 6) is 0.359. The second-order valence-corrected chi connectivity index (χ2v) is 13.8. The topological polar surface area (TPSA) is 80.8 Å². The normalized spacial score (nSPS) is 11.2. The van der Waals surface area contributed by atoms with Crippen LogP contribution in [-0.4, -0.2) is 43.4 Å². The van der Waals surface area contributed by atoms with Crippen LogP contribution in [0.5, 0.6) is 5.75 Å². The molecule has 0 aliphatic carbocycles. The first-order valence-corrected chi connectivity index (χ1v) is 14.6. The van der Waals surface area contributed by atoms with Crippen molar-refractivity contribution in [2.45, 2.75) is 40.4 Å². The van der Waals surface area contributed by atoms with Gasteiger partial charge in [-0.15, -0.1) is 0 Å². The number of hydrazine groups is 1. The molecule has 1 aromatic heterocycles. The number of benzene rings is 2. The minimum atomic E-state index is -1.54. The van der Waals surface area contributed by atoms with Crippen LogP contribution >= 0.6 is 0 Å². The average molecular weight is 466 g/mol. The standard InChI is InChI=1S/C25H31N3O4Si/c1-7-28(27-24(29)31-8-2)25(30)32-23-21-14-13-19(33(4,5)6)15-18(21)16-26-22(23)20-12-10-9-11-17(20)3/h9-16H,7-8H2,1-6H3,(H,27,29). The predicted octanol–water partition coefficient (Wildman–Crippen LogP) is 5.24. The average Bonchev–Trinajstić information content (AvgIpc) is 2.77. The van der Waals surface area contributed by atoms with Crippen LogP contribution in [0.4, 0.5) is 9.59 Å². The second kappa shape index (κ2) is 10.0. The van der Waals surface area contributed by atoms with Gasteiger partial charge in [0.2, 0.25) is 0 Å². The van der Waals surface area contributed by atoms with Crippen molar-refractivity contribution in [3.63, 3.8) is 0 Å². The van der Waals surface area contributed by atoms with E-state index in [9.17, 15) is 9.59 Å². The highest BCUT2D eigenvalue weighted by atomic mass is 28.3. The van der Waals surface area contributed by atoms with Crippen LogP contribution in [0.2, 0.25) is 19.6 Å². The molecule has 0 fully saturated rings. The molecule has 2 aromatic carbocycles. The Balaban J connectivity index is 2.11. The van der Waals surface area contributed by atoms with Crippen LogP contribution in [-0.2, 0) is 4.74 Å². The van der Waals surface area contributed by atoms with Crippen LogP contribution in [0.25, 0.3) is 22.0 Å². The monoisotopic (exact) mass is 465 g/mol. The predicted molar refractivity (Wildman–Crippen MR) is 133 cm³/mol. The number of amides is 2. The number of pyridine rings is 1. The minimum absolute atomic E-state index is 0.197. The first kappa shape index (κ1) is 24.3. The van der Waals surface area contributed by atoms with Crippen molar-refractivity contribution in [1.82, 2.24) is 15.4 Å². The fraction of sp³-hybridized carbons (Fsp3) is 0.320. The Bertz CT molecular complexity index is 1170. The van der Waals surface area contributed by atoms with Crippen LogP contribution in [0.3, 0.4) is 0 Å². The lowest BCUT2D eigenvalue weighted by molar-refractivity contribution is 0.101. The van der Waals surface area contributed by atoms with E-state index in [-0.39, 0.29) is 13.2 Å². The third kappa shape index (κ3) is 5.51. The fourth-order valence-corrected chi connectivity index (χ4v) is 4.64. The van der Waals surface area contributed by atoms with E-state index in [2.05, 4.69) is 37.2 Å². The first-order chi connectivity index (χ1) is 15.7. The number of hydrogen-bond donors (Lipinski definition) is 1. The summed E-state index contributed by atoms with van der Waals surface area (Å²) in [7, 11) is -1.54. The molecule has 3 aromatic rings. The SMILES string of the molecule is CCOC(=O)NN(CC)C(=O)Oc1c(-c2ccccc2C)ncc2cc([Si](C)(C)C)ccc12. The van der Waals surface area contributed by atoms with Crippen molar-refractivity contribution in [3.05, 3.63) is 54.2 Å². The highest BCUT2D eigenvalue weighted by Crippen LogP contribution is 2.36. The summed E-state index contributed by atoms with van der Waals surface area (Å²) in [5, 5.41) is 4.05. The molecule has 174 valence electrons. The molecule has 8 heteroatoms. The van der Waals surface area contributed by atoms with Crippen LogP contribution in [0, 0.1) is 6.92 Å². The molecule has 1 N–H and O–H groups in total. The summed E-state index contributed by atoms with van der Waals surface area (Å²) in [5.41, 5.74) is 4.87. The van der Waals surface area contributed by atoms with Gasteiger partial charge in [-0.25, -0.2) is 20.0 Å². The maximum atomic E-state index is 13.0. The number of hydrogen-bond acceptors (Lipinski definition) is 5. The lowest BCUT2D eigenvalue weighted by Crippen LogP contribution is -2.47. The number of nitrogens with one attached hydrogen (secondary N) is 1. The summed E-state index contributed by atoms with van der Waals surface area (Å²) in [6.07, 6.45) is 0.391. The molecule has 0 aliphatic heterocycles. The van der Waals surface area contributed by atoms with E-state index in [0.29, 0.717) is 11.4 Å². The van der Waals surface area contributed by atoms with Gasteiger partial charge in [-0.2, -0.15) is 0 Å². The third-order valence-corrected chi connectivity index (χ3v) is 7.38. The second-order valence-electron chi connectivity index (χ2n) is 8.75. The Morgan fingerprint density at radius 1 is 1.09 bits per heavy atom. The van der Waals surface area contributed by atoms with Crippen LogP contribution < -0.4 is 15.3 Å². The smallest absolute Gasteiger partial charge is 0.434 e. The number of fused-ring (bicyclic) bond motifs is 1. The molecular formula is C25H31N3O4Si. The van der Waals surface area contributed by atoms with Gasteiger partial charge in [0.05, 0.1) is 14.7 Å². The van der Waals surface area contributed by atoms with E-state index >= 15 is 0 Å². The number of carbonyl (C=O) groups excluding carboxylic acids is 2. The minimum Gasteiger partial charge on any atom is -0.449 e. The highest BCUT2D eigenvalue weighted by Gasteiger charge is 2.24. The van der Waals surface area contributed by atoms with Gasteiger partial charge in [-0.3, -0.25) is 4.98 Å². The zero-order valence-electron chi connectivity index (χ0n) is 20.1. The number of aromatic nitrogens is 1. The van der Waals surface area contributed by atoms with Crippen molar-refractivity contribution in [2.24, 2.45) is 0 Å². The molecular weight excluding hydrogens is 434 g/mol. The highest BCUT2D eigenvalue weighted by molar-refractivity contribution is 6.88. The molecule has 0 saturated heterocycles. The van der Waals surface area contributed by atoms with Crippen molar-refractivity contribution < 1.29 is 19.1 Å². The molecule has 1 heterocycles. The van der Waals surface area contributed by atoms with E-state index in [1.54, 1.807) is 13.8 Å². The van der Waals surface area contributed by atoms with Crippen molar-refractivity contribution >= 4 is 36.2 Å². The number of ether oxygens (including phenoxy) is 2. The van der Waals surface area contributed by atoms with Gasteiger partial charge < -0.3 is 9.47 Å². The number of carbonyl (C=O) groups is 2. The number of aryl methyl sites for hydroxylation is 1. The van der Waals surface area contributed by atoms with Gasteiger partial charge in [-0.05, 0) is 26.3 Å². The van der Waals surface area contributed by atoms with Gasteiger partial charge in [0.15, 0.2) is 5.75 Å². The van der Waals surface area contributed by atoms with Crippen molar-refractivity contribution in [1.29, 1.82) is 0 Å². The Morgan fingerprint density at radius 3 is 2.45 bits per heavy atom. The van der Waals surface area contributed by atoms with Gasteiger partial charge in [0.25, 0.3) is 0 Å². The van der Waals surface area contributed by atoms with E-state index in [1.165, 1.54) is 5.19 Å². The third-order valence-electron chi connectivity index (χ3n) is 5.34. The molecule has 2 amide bonds. The van der Waals surface area contributed by atoms with Crippen molar-refractivity contribution in [2.75, 3.05) is 13.2 Å².